The van der Waals surface area contributed by atoms with E-state index in [0.717, 1.165) is 0 Å². The van der Waals surface area contributed by atoms with Crippen molar-refractivity contribution < 1.29 is 31.5 Å². The maximum atomic E-state index is 12.8. The van der Waals surface area contributed by atoms with Crippen LogP contribution in [0.5, 0.6) is 0 Å². The minimum atomic E-state index is -4.69. The first-order valence-corrected chi connectivity index (χ1v) is 9.56. The first kappa shape index (κ1) is 20.6. The summed E-state index contributed by atoms with van der Waals surface area (Å²) in [6, 6.07) is 6.32. The van der Waals surface area contributed by atoms with Gasteiger partial charge >= 0.3 is 12.1 Å². The lowest BCUT2D eigenvalue weighted by molar-refractivity contribution is -0.159. The van der Waals surface area contributed by atoms with Crippen LogP contribution in [0.15, 0.2) is 28.8 Å². The zero-order chi connectivity index (χ0) is 19.2. The number of nitrogens with zero attached hydrogens (tertiary/aromatic N) is 2. The number of benzene rings is 1. The van der Waals surface area contributed by atoms with Gasteiger partial charge < -0.3 is 13.8 Å². The molecule has 0 saturated carbocycles. The fraction of sp³-hybridized carbons (Fsp3) is 0.467. The molecule has 2 aromatic rings. The highest BCUT2D eigenvalue weighted by Gasteiger charge is 2.38. The van der Waals surface area contributed by atoms with Crippen LogP contribution >= 0.6 is 7.52 Å². The molecule has 0 bridgehead atoms. The van der Waals surface area contributed by atoms with Crippen molar-refractivity contribution in [2.75, 3.05) is 26.9 Å². The minimum Gasteiger partial charge on any atom is -0.383 e. The van der Waals surface area contributed by atoms with E-state index in [0.29, 0.717) is 24.3 Å². The van der Waals surface area contributed by atoms with Gasteiger partial charge in [0, 0.05) is 19.2 Å². The highest BCUT2D eigenvalue weighted by molar-refractivity contribution is 7.56. The maximum Gasteiger partial charge on any atom is 0.471 e. The second-order valence-electron chi connectivity index (χ2n) is 5.27. The third-order valence-corrected chi connectivity index (χ3v) is 5.43. The van der Waals surface area contributed by atoms with Gasteiger partial charge in [0.25, 0.3) is 7.52 Å². The average molecular weight is 393 g/mol. The molecule has 1 N–H and O–H groups in total. The molecule has 1 aromatic heterocycles. The Morgan fingerprint density at radius 1 is 1.27 bits per heavy atom. The van der Waals surface area contributed by atoms with Gasteiger partial charge in [0.05, 0.1) is 19.4 Å². The number of rotatable bonds is 9. The van der Waals surface area contributed by atoms with E-state index in [1.54, 1.807) is 19.1 Å². The van der Waals surface area contributed by atoms with Gasteiger partial charge in [-0.15, -0.1) is 0 Å². The van der Waals surface area contributed by atoms with E-state index in [9.17, 15) is 17.7 Å². The van der Waals surface area contributed by atoms with Gasteiger partial charge in [0.2, 0.25) is 5.82 Å². The molecule has 1 atom stereocenters. The molecule has 1 aromatic carbocycles. The summed E-state index contributed by atoms with van der Waals surface area (Å²) in [5.41, 5.74) is 1.04. The van der Waals surface area contributed by atoms with E-state index in [2.05, 4.69) is 19.8 Å². The molecule has 144 valence electrons. The van der Waals surface area contributed by atoms with E-state index in [4.69, 9.17) is 9.26 Å². The largest absolute Gasteiger partial charge is 0.471 e. The topological polar surface area (TPSA) is 86.5 Å². The number of hydrogen-bond donors (Lipinski definition) is 1. The predicted molar refractivity (Wildman–Crippen MR) is 87.6 cm³/mol. The van der Waals surface area contributed by atoms with Crippen LogP contribution < -0.4 is 5.09 Å². The zero-order valence-electron chi connectivity index (χ0n) is 14.2. The third-order valence-electron chi connectivity index (χ3n) is 3.27. The van der Waals surface area contributed by atoms with Gasteiger partial charge in [-0.1, -0.05) is 29.4 Å². The molecule has 0 aliphatic rings. The van der Waals surface area contributed by atoms with Gasteiger partial charge in [-0.05, 0) is 12.5 Å². The molecule has 0 aliphatic heterocycles. The molecule has 1 unspecified atom stereocenters. The molecule has 0 saturated heterocycles. The van der Waals surface area contributed by atoms with Crippen molar-refractivity contribution in [3.05, 3.63) is 35.7 Å². The zero-order valence-corrected chi connectivity index (χ0v) is 15.1. The Morgan fingerprint density at radius 2 is 1.96 bits per heavy atom. The number of aromatic nitrogens is 2. The second-order valence-corrected chi connectivity index (χ2v) is 7.51. The van der Waals surface area contributed by atoms with Crippen molar-refractivity contribution in [3.63, 3.8) is 0 Å². The summed E-state index contributed by atoms with van der Waals surface area (Å²) in [5, 5.41) is 6.18. The van der Waals surface area contributed by atoms with Gasteiger partial charge in [0.15, 0.2) is 0 Å². The van der Waals surface area contributed by atoms with Crippen molar-refractivity contribution in [2.45, 2.75) is 19.3 Å². The Kier molecular flexibility index (Phi) is 6.94. The quantitative estimate of drug-likeness (QED) is 0.513. The van der Waals surface area contributed by atoms with Gasteiger partial charge in [-0.3, -0.25) is 4.57 Å². The Hall–Kier alpha value is -1.74. The van der Waals surface area contributed by atoms with Crippen molar-refractivity contribution in [1.29, 1.82) is 0 Å². The van der Waals surface area contributed by atoms with Crippen LogP contribution in [0.3, 0.4) is 0 Å². The SMILES string of the molecule is CCOP(=O)(Cc1ccc(-c2noc(C(F)(F)F)n2)cc1)NCCOC. The van der Waals surface area contributed by atoms with Crippen LogP contribution in [-0.2, 0) is 26.2 Å². The summed E-state index contributed by atoms with van der Waals surface area (Å²) in [6.07, 6.45) is -4.56. The van der Waals surface area contributed by atoms with E-state index >= 15 is 0 Å². The number of alkyl halides is 3. The van der Waals surface area contributed by atoms with Crippen LogP contribution in [0.25, 0.3) is 11.4 Å². The first-order chi connectivity index (χ1) is 12.3. The highest BCUT2D eigenvalue weighted by atomic mass is 31.2. The normalized spacial score (nSPS) is 14.3. The summed E-state index contributed by atoms with van der Waals surface area (Å²) in [7, 11) is -1.57. The molecule has 7 nitrogen and oxygen atoms in total. The smallest absolute Gasteiger partial charge is 0.383 e. The summed E-state index contributed by atoms with van der Waals surface area (Å²) in [6.45, 7) is 2.77. The monoisotopic (exact) mass is 393 g/mol. The molecule has 0 spiro atoms. The van der Waals surface area contributed by atoms with Gasteiger partial charge in [0.1, 0.15) is 0 Å². The standard InChI is InChI=1S/C15H19F3N3O4P/c1-3-24-26(22,19-8-9-23-2)10-11-4-6-12(7-5-11)13-20-14(25-21-13)15(16,17)18/h4-7H,3,8-10H2,1-2H3,(H,19,22). The number of hydrogen-bond acceptors (Lipinski definition) is 6. The predicted octanol–water partition coefficient (Wildman–Crippen LogP) is 3.72. The van der Waals surface area contributed by atoms with E-state index < -0.39 is 19.6 Å². The fourth-order valence-corrected chi connectivity index (χ4v) is 3.96. The lowest BCUT2D eigenvalue weighted by Crippen LogP contribution is -2.19. The summed E-state index contributed by atoms with van der Waals surface area (Å²) < 4.78 is 64.8. The second kappa shape index (κ2) is 8.77. The van der Waals surface area contributed by atoms with Crippen molar-refractivity contribution in [3.8, 4) is 11.4 Å². The highest BCUT2D eigenvalue weighted by Crippen LogP contribution is 2.45. The lowest BCUT2D eigenvalue weighted by Gasteiger charge is -2.19. The minimum absolute atomic E-state index is 0.130. The lowest BCUT2D eigenvalue weighted by atomic mass is 10.1. The van der Waals surface area contributed by atoms with Crippen LogP contribution in [0, 0.1) is 0 Å². The molecule has 11 heteroatoms. The Labute approximate surface area is 148 Å². The van der Waals surface area contributed by atoms with Gasteiger partial charge in [-0.2, -0.15) is 18.2 Å². The summed E-state index contributed by atoms with van der Waals surface area (Å²) in [5.74, 6) is -1.57. The van der Waals surface area contributed by atoms with Crippen LogP contribution in [0.1, 0.15) is 18.4 Å². The molecule has 0 amide bonds. The van der Waals surface area contributed by atoms with Crippen molar-refractivity contribution in [2.24, 2.45) is 0 Å². The van der Waals surface area contributed by atoms with E-state index in [-0.39, 0.29) is 18.6 Å². The number of halogens is 3. The molecular weight excluding hydrogens is 374 g/mol. The molecular formula is C15H19F3N3O4P. The van der Waals surface area contributed by atoms with Crippen LogP contribution in [0.4, 0.5) is 13.2 Å². The number of methoxy groups -OCH3 is 1. The molecule has 2 rings (SSSR count). The van der Waals surface area contributed by atoms with Crippen molar-refractivity contribution >= 4 is 7.52 Å². The molecule has 0 radical (unpaired) electrons. The first-order valence-electron chi connectivity index (χ1n) is 7.75. The molecule has 1 heterocycles. The van der Waals surface area contributed by atoms with E-state index in [1.807, 2.05) is 0 Å². The molecule has 0 aliphatic carbocycles. The Bertz CT molecular complexity index is 749. The summed E-state index contributed by atoms with van der Waals surface area (Å²) >= 11 is 0. The average Bonchev–Trinajstić information content (AvgIpc) is 3.06. The van der Waals surface area contributed by atoms with Gasteiger partial charge in [-0.25, -0.2) is 5.09 Å². The Morgan fingerprint density at radius 3 is 2.50 bits per heavy atom. The van der Waals surface area contributed by atoms with Crippen molar-refractivity contribution in [1.82, 2.24) is 15.2 Å². The third kappa shape index (κ3) is 5.63. The fourth-order valence-electron chi connectivity index (χ4n) is 2.13. The number of nitrogens with one attached hydrogen (secondary N) is 1. The van der Waals surface area contributed by atoms with Crippen LogP contribution in [0.2, 0.25) is 0 Å². The molecule has 0 fully saturated rings. The Balaban J connectivity index is 2.10. The summed E-state index contributed by atoms with van der Waals surface area (Å²) in [4.78, 5) is 3.33. The molecule has 26 heavy (non-hydrogen) atoms. The van der Waals surface area contributed by atoms with Crippen LogP contribution in [-0.4, -0.2) is 37.0 Å². The van der Waals surface area contributed by atoms with E-state index in [1.165, 1.54) is 19.2 Å². The maximum absolute atomic E-state index is 12.8. The number of ether oxygens (including phenoxy) is 1.